The van der Waals surface area contributed by atoms with Crippen molar-refractivity contribution >= 4 is 17.5 Å². The van der Waals surface area contributed by atoms with E-state index >= 15 is 0 Å². The number of imidazole rings is 1. The Labute approximate surface area is 157 Å². The molecule has 4 heterocycles. The molecule has 0 saturated carbocycles. The molecule has 1 aliphatic heterocycles. The Kier molecular flexibility index (Phi) is 4.58. The van der Waals surface area contributed by atoms with Gasteiger partial charge in [0, 0.05) is 49.0 Å². The Morgan fingerprint density at radius 1 is 1.11 bits per heavy atom. The Balaban J connectivity index is 1.37. The molecule has 27 heavy (non-hydrogen) atoms. The monoisotopic (exact) mass is 363 g/mol. The van der Waals surface area contributed by atoms with Gasteiger partial charge in [-0.15, -0.1) is 0 Å². The van der Waals surface area contributed by atoms with Gasteiger partial charge in [0.15, 0.2) is 0 Å². The Bertz CT molecular complexity index is 974. The minimum Gasteiger partial charge on any atom is -0.349 e. The van der Waals surface area contributed by atoms with E-state index < -0.39 is 0 Å². The van der Waals surface area contributed by atoms with Crippen LogP contribution in [0.2, 0.25) is 0 Å². The summed E-state index contributed by atoms with van der Waals surface area (Å²) in [4.78, 5) is 35.2. The van der Waals surface area contributed by atoms with Crippen molar-refractivity contribution in [3.8, 4) is 0 Å². The minimum absolute atomic E-state index is 0.0583. The van der Waals surface area contributed by atoms with Crippen LogP contribution in [-0.2, 0) is 0 Å². The number of aromatic nitrogens is 3. The van der Waals surface area contributed by atoms with Crippen LogP contribution in [0, 0.1) is 6.92 Å². The van der Waals surface area contributed by atoms with Gasteiger partial charge in [-0.3, -0.25) is 14.6 Å². The van der Waals surface area contributed by atoms with E-state index in [2.05, 4.69) is 15.3 Å². The van der Waals surface area contributed by atoms with E-state index in [0.717, 1.165) is 24.2 Å². The van der Waals surface area contributed by atoms with Crippen molar-refractivity contribution in [3.05, 3.63) is 65.9 Å². The summed E-state index contributed by atoms with van der Waals surface area (Å²) in [7, 11) is 0. The van der Waals surface area contributed by atoms with Gasteiger partial charge in [0.05, 0.1) is 0 Å². The maximum absolute atomic E-state index is 12.8. The third-order valence-corrected chi connectivity index (χ3v) is 4.97. The van der Waals surface area contributed by atoms with Gasteiger partial charge in [0.1, 0.15) is 11.3 Å². The van der Waals surface area contributed by atoms with Crippen LogP contribution in [0.15, 0.2) is 48.9 Å². The summed E-state index contributed by atoms with van der Waals surface area (Å²) in [5.41, 5.74) is 2.88. The van der Waals surface area contributed by atoms with Gasteiger partial charge in [-0.25, -0.2) is 4.98 Å². The molecule has 1 aliphatic rings. The second-order valence-electron chi connectivity index (χ2n) is 6.80. The van der Waals surface area contributed by atoms with Crippen LogP contribution in [-0.4, -0.2) is 50.2 Å². The highest BCUT2D eigenvalue weighted by Gasteiger charge is 2.26. The van der Waals surface area contributed by atoms with Gasteiger partial charge in [-0.05, 0) is 44.0 Å². The smallest absolute Gasteiger partial charge is 0.274 e. The fourth-order valence-corrected chi connectivity index (χ4v) is 3.41. The summed E-state index contributed by atoms with van der Waals surface area (Å²) in [6, 6.07) is 9.27. The van der Waals surface area contributed by atoms with Crippen molar-refractivity contribution in [2.45, 2.75) is 25.8 Å². The minimum atomic E-state index is -0.0991. The molecule has 0 aliphatic carbocycles. The van der Waals surface area contributed by atoms with E-state index in [0.29, 0.717) is 24.3 Å². The van der Waals surface area contributed by atoms with Gasteiger partial charge >= 0.3 is 0 Å². The molecule has 0 bridgehead atoms. The Hall–Kier alpha value is -3.22. The van der Waals surface area contributed by atoms with Crippen LogP contribution in [0.1, 0.15) is 39.4 Å². The lowest BCUT2D eigenvalue weighted by Crippen LogP contribution is -2.46. The van der Waals surface area contributed by atoms with Gasteiger partial charge in [0.2, 0.25) is 0 Å². The molecule has 0 atom stereocenters. The van der Waals surface area contributed by atoms with Crippen LogP contribution in [0.5, 0.6) is 0 Å². The van der Waals surface area contributed by atoms with Crippen molar-refractivity contribution in [3.63, 3.8) is 0 Å². The average molecular weight is 363 g/mol. The van der Waals surface area contributed by atoms with Gasteiger partial charge in [-0.1, -0.05) is 6.07 Å². The number of amides is 2. The van der Waals surface area contributed by atoms with Crippen LogP contribution < -0.4 is 5.32 Å². The zero-order valence-corrected chi connectivity index (χ0v) is 15.1. The van der Waals surface area contributed by atoms with Gasteiger partial charge < -0.3 is 14.6 Å². The lowest BCUT2D eigenvalue weighted by molar-refractivity contribution is 0.0693. The Morgan fingerprint density at radius 2 is 1.85 bits per heavy atom. The van der Waals surface area contributed by atoms with Crippen LogP contribution in [0.25, 0.3) is 5.65 Å². The van der Waals surface area contributed by atoms with Crippen molar-refractivity contribution in [1.29, 1.82) is 0 Å². The van der Waals surface area contributed by atoms with Crippen molar-refractivity contribution < 1.29 is 9.59 Å². The molecule has 3 aromatic heterocycles. The van der Waals surface area contributed by atoms with Crippen molar-refractivity contribution in [1.82, 2.24) is 24.6 Å². The Morgan fingerprint density at radius 3 is 2.56 bits per heavy atom. The summed E-state index contributed by atoms with van der Waals surface area (Å²) < 4.78 is 1.93. The predicted octanol–water partition coefficient (Wildman–Crippen LogP) is 2.07. The predicted molar refractivity (Wildman–Crippen MR) is 101 cm³/mol. The van der Waals surface area contributed by atoms with Crippen LogP contribution in [0.4, 0.5) is 0 Å². The number of pyridine rings is 2. The zero-order valence-electron chi connectivity index (χ0n) is 15.1. The third-order valence-electron chi connectivity index (χ3n) is 4.97. The zero-order chi connectivity index (χ0) is 18.8. The number of aryl methyl sites for hydroxylation is 1. The highest BCUT2D eigenvalue weighted by Crippen LogP contribution is 2.16. The summed E-state index contributed by atoms with van der Waals surface area (Å²) >= 11 is 0. The summed E-state index contributed by atoms with van der Waals surface area (Å²) in [5, 5.41) is 3.04. The first kappa shape index (κ1) is 17.2. The number of likely N-dealkylation sites (tertiary alicyclic amines) is 1. The van der Waals surface area contributed by atoms with Crippen LogP contribution >= 0.6 is 0 Å². The molecule has 4 rings (SSSR count). The standard InChI is InChI=1S/C20H21N5O2/c1-14-3-2-4-18-23-17(13-25(14)18)20(27)24-11-7-16(8-12-24)22-19(26)15-5-9-21-10-6-15/h2-6,9-10,13,16H,7-8,11-12H2,1H3,(H,22,26). The summed E-state index contributed by atoms with van der Waals surface area (Å²) in [6.07, 6.45) is 6.47. The number of hydrogen-bond donors (Lipinski definition) is 1. The maximum Gasteiger partial charge on any atom is 0.274 e. The molecule has 0 radical (unpaired) electrons. The molecule has 1 N–H and O–H groups in total. The SMILES string of the molecule is Cc1cccc2nc(C(=O)N3CCC(NC(=O)c4ccncc4)CC3)cn12. The molecule has 138 valence electrons. The number of nitrogens with one attached hydrogen (secondary N) is 1. The topological polar surface area (TPSA) is 79.6 Å². The highest BCUT2D eigenvalue weighted by atomic mass is 16.2. The largest absolute Gasteiger partial charge is 0.349 e. The second-order valence-corrected chi connectivity index (χ2v) is 6.80. The first-order valence-corrected chi connectivity index (χ1v) is 9.07. The molecule has 0 unspecified atom stereocenters. The van der Waals surface area contributed by atoms with E-state index in [9.17, 15) is 9.59 Å². The average Bonchev–Trinajstić information content (AvgIpc) is 3.14. The molecule has 1 fully saturated rings. The first-order valence-electron chi connectivity index (χ1n) is 9.07. The van der Waals surface area contributed by atoms with Crippen LogP contribution in [0.3, 0.4) is 0 Å². The molecular weight excluding hydrogens is 342 g/mol. The van der Waals surface area contributed by atoms with Crippen molar-refractivity contribution in [2.24, 2.45) is 0 Å². The number of piperidine rings is 1. The molecular formula is C20H21N5O2. The third kappa shape index (κ3) is 3.53. The summed E-state index contributed by atoms with van der Waals surface area (Å²) in [6.45, 7) is 3.19. The first-order chi connectivity index (χ1) is 13.1. The number of carbonyl (C=O) groups is 2. The highest BCUT2D eigenvalue weighted by molar-refractivity contribution is 5.94. The molecule has 0 spiro atoms. The fraction of sp³-hybridized carbons (Fsp3) is 0.300. The normalized spacial score (nSPS) is 15.1. The summed E-state index contributed by atoms with van der Waals surface area (Å²) in [5.74, 6) is -0.157. The number of rotatable bonds is 3. The lowest BCUT2D eigenvalue weighted by Gasteiger charge is -2.32. The maximum atomic E-state index is 12.8. The number of fused-ring (bicyclic) bond motifs is 1. The van der Waals surface area contributed by atoms with E-state index in [1.807, 2.05) is 34.4 Å². The molecule has 7 heteroatoms. The number of carbonyl (C=O) groups excluding carboxylic acids is 2. The van der Waals surface area contributed by atoms with E-state index in [4.69, 9.17) is 0 Å². The fourth-order valence-electron chi connectivity index (χ4n) is 3.41. The number of nitrogens with zero attached hydrogens (tertiary/aromatic N) is 4. The molecule has 3 aromatic rings. The number of hydrogen-bond acceptors (Lipinski definition) is 4. The lowest BCUT2D eigenvalue weighted by atomic mass is 10.0. The molecule has 1 saturated heterocycles. The second kappa shape index (κ2) is 7.19. The quantitative estimate of drug-likeness (QED) is 0.773. The molecule has 2 amide bonds. The van der Waals surface area contributed by atoms with Crippen molar-refractivity contribution in [2.75, 3.05) is 13.1 Å². The van der Waals surface area contributed by atoms with Gasteiger partial charge in [0.25, 0.3) is 11.8 Å². The molecule has 0 aromatic carbocycles. The van der Waals surface area contributed by atoms with Gasteiger partial charge in [-0.2, -0.15) is 0 Å². The van der Waals surface area contributed by atoms with E-state index in [1.165, 1.54) is 0 Å². The molecule has 7 nitrogen and oxygen atoms in total. The van der Waals surface area contributed by atoms with E-state index in [1.54, 1.807) is 30.7 Å². The van der Waals surface area contributed by atoms with E-state index in [-0.39, 0.29) is 17.9 Å².